The highest BCUT2D eigenvalue weighted by Gasteiger charge is 2.26. The highest BCUT2D eigenvalue weighted by molar-refractivity contribution is 7.33. The number of hydrogen-bond donors (Lipinski definition) is 7. The number of hydrogen-bond acceptors (Lipinski definition) is 9. The molecule has 7 N–H and O–H groups in total. The highest BCUT2D eigenvalue weighted by Crippen LogP contribution is 2.34. The van der Waals surface area contributed by atoms with E-state index < -0.39 is 20.1 Å². The number of amides is 4. The third kappa shape index (κ3) is 11.6. The second-order valence-corrected chi connectivity index (χ2v) is 12.5. The Morgan fingerprint density at radius 3 is 2.60 bits per heavy atom. The molecule has 2 aromatic rings. The summed E-state index contributed by atoms with van der Waals surface area (Å²) in [4.78, 5) is 52.5. The number of anilines is 1. The van der Waals surface area contributed by atoms with Gasteiger partial charge in [0.1, 0.15) is 18.5 Å². The van der Waals surface area contributed by atoms with Gasteiger partial charge in [0.25, 0.3) is 5.91 Å². The van der Waals surface area contributed by atoms with Gasteiger partial charge in [-0.05, 0) is 87.8 Å². The lowest BCUT2D eigenvalue weighted by molar-refractivity contribution is -0.142. The number of unbranched alkanes of at least 4 members (excludes halogenated alkanes) is 2. The monoisotopic (exact) mass is 692 g/mol. The molecule has 4 amide bonds. The number of halogens is 1. The lowest BCUT2D eigenvalue weighted by atomic mass is 10.0. The van der Waals surface area contributed by atoms with E-state index in [0.717, 1.165) is 16.8 Å². The molecule has 0 spiro atoms. The van der Waals surface area contributed by atoms with Gasteiger partial charge in [0, 0.05) is 59.2 Å². The Bertz CT molecular complexity index is 1480. The van der Waals surface area contributed by atoms with Crippen LogP contribution in [0.15, 0.2) is 18.2 Å². The predicted octanol–water partition coefficient (Wildman–Crippen LogP) is 3.66. The van der Waals surface area contributed by atoms with Crippen molar-refractivity contribution in [2.45, 2.75) is 71.3 Å². The van der Waals surface area contributed by atoms with Crippen LogP contribution in [-0.2, 0) is 39.4 Å². The standard InChI is InChI=1S/C32H43FN5O9P/c1-20-24(21(2)36-29(20)16-26-25-15-23(33)9-11-27(25)38-31(26)42)10-12-30(41)37-28(8-4-5-13-34-19-40)32(43)35-14-6-3-7-22(17-39)18-46-48(45)47-44/h9,11,15-16,19,22,28,36,39H,3-8,10,12-14,17-18H2,1-2H3,(H4-,34,35,37,38,40,41,42,43,44)/p+1/b26-16-/t22?,28-/m1/s1. The number of nitrogens with one attached hydrogen (secondary N) is 5. The third-order valence-corrected chi connectivity index (χ3v) is 8.66. The summed E-state index contributed by atoms with van der Waals surface area (Å²) in [5, 5.41) is 28.8. The van der Waals surface area contributed by atoms with Gasteiger partial charge in [-0.3, -0.25) is 19.2 Å². The van der Waals surface area contributed by atoms with Gasteiger partial charge in [-0.2, -0.15) is 0 Å². The molecule has 1 aromatic carbocycles. The maximum absolute atomic E-state index is 13.9. The molecular formula is C32H44FN5O9P+. The Morgan fingerprint density at radius 1 is 1.12 bits per heavy atom. The summed E-state index contributed by atoms with van der Waals surface area (Å²) in [6.07, 6.45) is 6.11. The minimum atomic E-state index is -2.65. The van der Waals surface area contributed by atoms with E-state index in [1.165, 1.54) is 18.2 Å². The Hall–Kier alpha value is -4.01. The summed E-state index contributed by atoms with van der Waals surface area (Å²) in [6.45, 7) is 4.27. The van der Waals surface area contributed by atoms with Crippen molar-refractivity contribution in [3.8, 4) is 0 Å². The van der Waals surface area contributed by atoms with Gasteiger partial charge in [0.2, 0.25) is 18.2 Å². The van der Waals surface area contributed by atoms with Crippen LogP contribution < -0.4 is 21.3 Å². The smallest absolute Gasteiger partial charge is 0.396 e. The van der Waals surface area contributed by atoms with Gasteiger partial charge >= 0.3 is 8.25 Å². The molecular weight excluding hydrogens is 648 g/mol. The molecule has 1 aromatic heterocycles. The van der Waals surface area contributed by atoms with Gasteiger partial charge in [-0.1, -0.05) is 6.42 Å². The summed E-state index contributed by atoms with van der Waals surface area (Å²) in [7, 11) is -2.65. The lowest BCUT2D eigenvalue weighted by Crippen LogP contribution is -2.47. The Balaban J connectivity index is 1.56. The Labute approximate surface area is 279 Å². The molecule has 16 heteroatoms. The van der Waals surface area contributed by atoms with E-state index in [1.54, 1.807) is 6.08 Å². The molecule has 2 heterocycles. The molecule has 0 saturated carbocycles. The van der Waals surface area contributed by atoms with Crippen molar-refractivity contribution in [3.05, 3.63) is 52.1 Å². The maximum atomic E-state index is 13.9. The zero-order valence-electron chi connectivity index (χ0n) is 27.1. The number of fused-ring (bicyclic) bond motifs is 1. The SMILES string of the molecule is Cc1[nH]c(/C=C2\C(=O)Nc3ccc(F)cc32)c(C)c1CCC(=O)N[C@H](CCCCNC=O)C(=O)NCCCCC(CO)CO[P+](=O)OO. The fourth-order valence-electron chi connectivity index (χ4n) is 5.50. The van der Waals surface area contributed by atoms with Crippen molar-refractivity contribution in [3.63, 3.8) is 0 Å². The quantitative estimate of drug-likeness (QED) is 0.0240. The first-order chi connectivity index (χ1) is 23.1. The van der Waals surface area contributed by atoms with Crippen molar-refractivity contribution >= 4 is 49.7 Å². The van der Waals surface area contributed by atoms with E-state index in [0.29, 0.717) is 87.0 Å². The number of aliphatic hydroxyl groups excluding tert-OH is 1. The maximum Gasteiger partial charge on any atom is 0.728 e. The molecule has 1 aliphatic rings. The number of aliphatic hydroxyl groups is 1. The summed E-state index contributed by atoms with van der Waals surface area (Å²) < 4.78 is 33.3. The van der Waals surface area contributed by atoms with Crippen LogP contribution >= 0.6 is 8.25 Å². The Kier molecular flexibility index (Phi) is 15.8. The van der Waals surface area contributed by atoms with Crippen LogP contribution in [0.1, 0.15) is 73.0 Å². The average Bonchev–Trinajstić information content (AvgIpc) is 3.52. The molecule has 0 bridgehead atoms. The zero-order valence-corrected chi connectivity index (χ0v) is 28.0. The first-order valence-corrected chi connectivity index (χ1v) is 16.9. The van der Waals surface area contributed by atoms with E-state index in [1.807, 2.05) is 13.8 Å². The van der Waals surface area contributed by atoms with Crippen molar-refractivity contribution < 1.29 is 47.7 Å². The van der Waals surface area contributed by atoms with Crippen LogP contribution in [0.4, 0.5) is 10.1 Å². The number of carbonyl (C=O) groups is 4. The first kappa shape index (κ1) is 38.4. The zero-order chi connectivity index (χ0) is 35.1. The fraction of sp³-hybridized carbons (Fsp3) is 0.500. The van der Waals surface area contributed by atoms with E-state index in [9.17, 15) is 33.2 Å². The van der Waals surface area contributed by atoms with Gasteiger partial charge in [0.05, 0.1) is 10.2 Å². The van der Waals surface area contributed by atoms with E-state index in [2.05, 4.69) is 30.9 Å². The molecule has 0 aliphatic carbocycles. The number of carbonyl (C=O) groups excluding carboxylic acids is 4. The molecule has 0 radical (unpaired) electrons. The highest BCUT2D eigenvalue weighted by atomic mass is 31.1. The number of rotatable bonds is 22. The number of aryl methyl sites for hydroxylation is 1. The molecule has 0 saturated heterocycles. The number of benzene rings is 1. The summed E-state index contributed by atoms with van der Waals surface area (Å²) in [5.74, 6) is -1.73. The minimum Gasteiger partial charge on any atom is -0.396 e. The number of aromatic amines is 1. The number of aromatic nitrogens is 1. The second kappa shape index (κ2) is 19.7. The van der Waals surface area contributed by atoms with E-state index in [4.69, 9.17) is 9.78 Å². The number of H-pyrrole nitrogens is 1. The molecule has 3 atom stereocenters. The van der Waals surface area contributed by atoms with Crippen LogP contribution in [0.2, 0.25) is 0 Å². The van der Waals surface area contributed by atoms with E-state index >= 15 is 0 Å². The summed E-state index contributed by atoms with van der Waals surface area (Å²) in [5.41, 5.74) is 4.61. The molecule has 3 rings (SSSR count). The molecule has 2 unspecified atom stereocenters. The topological polar surface area (TPSA) is 208 Å². The van der Waals surface area contributed by atoms with Gasteiger partial charge in [-0.15, -0.1) is 4.52 Å². The van der Waals surface area contributed by atoms with Gasteiger partial charge in [0.15, 0.2) is 0 Å². The van der Waals surface area contributed by atoms with Crippen LogP contribution in [-0.4, -0.2) is 71.8 Å². The molecule has 262 valence electrons. The molecule has 14 nitrogen and oxygen atoms in total. The van der Waals surface area contributed by atoms with Crippen molar-refractivity contribution in [1.29, 1.82) is 0 Å². The summed E-state index contributed by atoms with van der Waals surface area (Å²) >= 11 is 0. The lowest BCUT2D eigenvalue weighted by Gasteiger charge is -2.19. The second-order valence-electron chi connectivity index (χ2n) is 11.6. The first-order valence-electron chi connectivity index (χ1n) is 15.9. The molecule has 48 heavy (non-hydrogen) atoms. The largest absolute Gasteiger partial charge is 0.728 e. The fourth-order valence-corrected chi connectivity index (χ4v) is 5.88. The van der Waals surface area contributed by atoms with Crippen molar-refractivity contribution in [2.75, 3.05) is 31.6 Å². The van der Waals surface area contributed by atoms with Crippen molar-refractivity contribution in [1.82, 2.24) is 20.9 Å². The molecule has 0 fully saturated rings. The minimum absolute atomic E-state index is 0.0561. The average molecular weight is 693 g/mol. The normalized spacial score (nSPS) is 14.6. The molecule has 1 aliphatic heterocycles. The third-order valence-electron chi connectivity index (χ3n) is 8.16. The van der Waals surface area contributed by atoms with Gasteiger partial charge in [-0.25, -0.2) is 9.65 Å². The Morgan fingerprint density at radius 2 is 1.88 bits per heavy atom. The van der Waals surface area contributed by atoms with Crippen LogP contribution in [0.5, 0.6) is 0 Å². The summed E-state index contributed by atoms with van der Waals surface area (Å²) in [6, 6.07) is 3.34. The van der Waals surface area contributed by atoms with E-state index in [-0.39, 0.29) is 43.3 Å². The van der Waals surface area contributed by atoms with Crippen LogP contribution in [0.25, 0.3) is 11.6 Å². The van der Waals surface area contributed by atoms with Crippen molar-refractivity contribution in [2.24, 2.45) is 5.92 Å². The van der Waals surface area contributed by atoms with Crippen LogP contribution in [0.3, 0.4) is 0 Å². The van der Waals surface area contributed by atoms with Gasteiger partial charge < -0.3 is 31.4 Å². The van der Waals surface area contributed by atoms with Crippen LogP contribution in [0, 0.1) is 25.6 Å². The predicted molar refractivity (Wildman–Crippen MR) is 176 cm³/mol.